The first-order chi connectivity index (χ1) is 14.6. The van der Waals surface area contributed by atoms with E-state index in [1.165, 1.54) is 4.68 Å². The summed E-state index contributed by atoms with van der Waals surface area (Å²) >= 11 is 0. The van der Waals surface area contributed by atoms with Crippen LogP contribution in [0.15, 0.2) is 53.3 Å². The molecule has 0 aliphatic heterocycles. The van der Waals surface area contributed by atoms with E-state index in [1.807, 2.05) is 24.3 Å². The van der Waals surface area contributed by atoms with E-state index in [2.05, 4.69) is 39.4 Å². The minimum absolute atomic E-state index is 0.125. The van der Waals surface area contributed by atoms with E-state index in [4.69, 9.17) is 0 Å². The third-order valence-electron chi connectivity index (χ3n) is 5.41. The number of hydrogen-bond acceptors (Lipinski definition) is 5. The second-order valence-electron chi connectivity index (χ2n) is 7.45. The summed E-state index contributed by atoms with van der Waals surface area (Å²) in [6.07, 6.45) is 1.01. The Balaban J connectivity index is 1.49. The predicted octanol–water partition coefficient (Wildman–Crippen LogP) is 2.96. The van der Waals surface area contributed by atoms with Gasteiger partial charge in [0.2, 0.25) is 5.91 Å². The molecule has 2 heterocycles. The lowest BCUT2D eigenvalue weighted by molar-refractivity contribution is -0.122. The monoisotopic (exact) mass is 404 g/mol. The van der Waals surface area contributed by atoms with Crippen molar-refractivity contribution in [1.29, 1.82) is 0 Å². The van der Waals surface area contributed by atoms with Gasteiger partial charge < -0.3 is 10.3 Å². The van der Waals surface area contributed by atoms with Crippen molar-refractivity contribution < 1.29 is 4.79 Å². The zero-order valence-corrected chi connectivity index (χ0v) is 17.0. The molecule has 4 aromatic rings. The van der Waals surface area contributed by atoms with Gasteiger partial charge >= 0.3 is 0 Å². The number of fused-ring (bicyclic) bond motifs is 2. The molecule has 4 rings (SSSR count). The second-order valence-corrected chi connectivity index (χ2v) is 7.45. The van der Waals surface area contributed by atoms with Gasteiger partial charge in [0, 0.05) is 6.42 Å². The van der Waals surface area contributed by atoms with Crippen molar-refractivity contribution in [2.75, 3.05) is 0 Å². The number of nitrogens with zero attached hydrogens (tertiary/aromatic N) is 4. The maximum atomic E-state index is 12.7. The van der Waals surface area contributed by atoms with Crippen molar-refractivity contribution in [3.8, 4) is 0 Å². The second kappa shape index (κ2) is 8.44. The SMILES string of the molecule is CCC(C)C(NC(=O)CCn1nnc2ccccc2c1=O)c1nc2ccccc2[nH]1. The van der Waals surface area contributed by atoms with E-state index in [0.717, 1.165) is 23.3 Å². The molecule has 8 nitrogen and oxygen atoms in total. The normalized spacial score (nSPS) is 13.4. The van der Waals surface area contributed by atoms with Crippen LogP contribution >= 0.6 is 0 Å². The Morgan fingerprint density at radius 3 is 2.63 bits per heavy atom. The Hall–Kier alpha value is -3.55. The van der Waals surface area contributed by atoms with E-state index in [9.17, 15) is 9.59 Å². The minimum atomic E-state index is -0.246. The lowest BCUT2D eigenvalue weighted by Gasteiger charge is -2.22. The molecule has 0 bridgehead atoms. The van der Waals surface area contributed by atoms with E-state index in [-0.39, 0.29) is 36.4 Å². The zero-order chi connectivity index (χ0) is 21.1. The third-order valence-corrected chi connectivity index (χ3v) is 5.41. The van der Waals surface area contributed by atoms with Gasteiger partial charge in [0.1, 0.15) is 11.3 Å². The number of aromatic amines is 1. The molecule has 2 aromatic heterocycles. The van der Waals surface area contributed by atoms with Gasteiger partial charge in [-0.05, 0) is 30.2 Å². The van der Waals surface area contributed by atoms with Crippen LogP contribution in [-0.2, 0) is 11.3 Å². The number of H-pyrrole nitrogens is 1. The van der Waals surface area contributed by atoms with Crippen molar-refractivity contribution in [2.24, 2.45) is 5.92 Å². The molecule has 0 fully saturated rings. The average molecular weight is 404 g/mol. The first-order valence-corrected chi connectivity index (χ1v) is 10.1. The highest BCUT2D eigenvalue weighted by Gasteiger charge is 2.23. The van der Waals surface area contributed by atoms with E-state index in [1.54, 1.807) is 24.3 Å². The number of benzene rings is 2. The maximum Gasteiger partial charge on any atom is 0.277 e. The Kier molecular flexibility index (Phi) is 5.56. The number of carbonyl (C=O) groups is 1. The van der Waals surface area contributed by atoms with Crippen LogP contribution in [0.1, 0.15) is 38.6 Å². The van der Waals surface area contributed by atoms with Crippen LogP contribution in [0.3, 0.4) is 0 Å². The fraction of sp³-hybridized carbons (Fsp3) is 0.318. The lowest BCUT2D eigenvalue weighted by atomic mass is 9.98. The highest BCUT2D eigenvalue weighted by atomic mass is 16.2. The first kappa shape index (κ1) is 19.8. The molecule has 2 aromatic carbocycles. The van der Waals surface area contributed by atoms with Gasteiger partial charge in [-0.2, -0.15) is 0 Å². The summed E-state index contributed by atoms with van der Waals surface area (Å²) in [5, 5.41) is 11.6. The highest BCUT2D eigenvalue weighted by molar-refractivity contribution is 5.78. The Labute approximate surface area is 173 Å². The summed E-state index contributed by atoms with van der Waals surface area (Å²) < 4.78 is 1.24. The summed E-state index contributed by atoms with van der Waals surface area (Å²) in [5.41, 5.74) is 2.11. The fourth-order valence-electron chi connectivity index (χ4n) is 3.46. The van der Waals surface area contributed by atoms with E-state index < -0.39 is 0 Å². The number of amides is 1. The number of nitrogens with one attached hydrogen (secondary N) is 2. The molecular formula is C22H24N6O2. The van der Waals surface area contributed by atoms with E-state index in [0.29, 0.717) is 10.9 Å². The van der Waals surface area contributed by atoms with Crippen LogP contribution in [0.25, 0.3) is 21.9 Å². The molecule has 154 valence electrons. The topological polar surface area (TPSA) is 106 Å². The van der Waals surface area contributed by atoms with Crippen molar-refractivity contribution in [3.05, 3.63) is 64.7 Å². The molecule has 0 saturated heterocycles. The lowest BCUT2D eigenvalue weighted by Crippen LogP contribution is -2.35. The van der Waals surface area contributed by atoms with Crippen LogP contribution in [-0.4, -0.2) is 30.9 Å². The van der Waals surface area contributed by atoms with Crippen molar-refractivity contribution in [2.45, 2.75) is 39.3 Å². The molecule has 1 amide bonds. The van der Waals surface area contributed by atoms with Gasteiger partial charge in [0.25, 0.3) is 5.56 Å². The van der Waals surface area contributed by atoms with Crippen molar-refractivity contribution in [3.63, 3.8) is 0 Å². The minimum Gasteiger partial charge on any atom is -0.346 e. The quantitative estimate of drug-likeness (QED) is 0.493. The molecule has 0 aliphatic carbocycles. The van der Waals surface area contributed by atoms with E-state index >= 15 is 0 Å². The van der Waals surface area contributed by atoms with Crippen LogP contribution in [0.5, 0.6) is 0 Å². The molecule has 30 heavy (non-hydrogen) atoms. The van der Waals surface area contributed by atoms with Gasteiger partial charge in [0.05, 0.1) is 29.0 Å². The molecule has 2 atom stereocenters. The number of imidazole rings is 1. The predicted molar refractivity (Wildman–Crippen MR) is 115 cm³/mol. The highest BCUT2D eigenvalue weighted by Crippen LogP contribution is 2.24. The summed E-state index contributed by atoms with van der Waals surface area (Å²) in [7, 11) is 0. The largest absolute Gasteiger partial charge is 0.346 e. The van der Waals surface area contributed by atoms with Crippen LogP contribution in [0.4, 0.5) is 0 Å². The molecule has 0 spiro atoms. The number of aromatic nitrogens is 5. The summed E-state index contributed by atoms with van der Waals surface area (Å²) in [6, 6.07) is 14.6. The summed E-state index contributed by atoms with van der Waals surface area (Å²) in [6.45, 7) is 4.32. The van der Waals surface area contributed by atoms with Crippen molar-refractivity contribution >= 4 is 27.8 Å². The van der Waals surface area contributed by atoms with Gasteiger partial charge in [-0.1, -0.05) is 49.7 Å². The van der Waals surface area contributed by atoms with Gasteiger partial charge in [-0.15, -0.1) is 5.10 Å². The molecule has 0 aliphatic rings. The van der Waals surface area contributed by atoms with Gasteiger partial charge in [-0.25, -0.2) is 9.67 Å². The molecule has 0 saturated carbocycles. The average Bonchev–Trinajstić information content (AvgIpc) is 3.20. The fourth-order valence-corrected chi connectivity index (χ4v) is 3.46. The Bertz CT molecular complexity index is 1210. The van der Waals surface area contributed by atoms with Crippen LogP contribution in [0.2, 0.25) is 0 Å². The number of hydrogen-bond donors (Lipinski definition) is 2. The first-order valence-electron chi connectivity index (χ1n) is 10.1. The smallest absolute Gasteiger partial charge is 0.277 e. The third kappa shape index (κ3) is 3.94. The number of carbonyl (C=O) groups excluding carboxylic acids is 1. The molecule has 2 N–H and O–H groups in total. The maximum absolute atomic E-state index is 12.7. The summed E-state index contributed by atoms with van der Waals surface area (Å²) in [5.74, 6) is 0.766. The number of rotatable bonds is 7. The Morgan fingerprint density at radius 1 is 1.13 bits per heavy atom. The zero-order valence-electron chi connectivity index (χ0n) is 17.0. The molecule has 2 unspecified atom stereocenters. The van der Waals surface area contributed by atoms with Crippen LogP contribution < -0.4 is 10.9 Å². The summed E-state index contributed by atoms with van der Waals surface area (Å²) in [4.78, 5) is 33.2. The molecular weight excluding hydrogens is 380 g/mol. The number of aryl methyl sites for hydroxylation is 1. The molecule has 0 radical (unpaired) electrons. The Morgan fingerprint density at radius 2 is 1.87 bits per heavy atom. The van der Waals surface area contributed by atoms with Crippen LogP contribution in [0, 0.1) is 5.92 Å². The standard InChI is InChI=1S/C22H24N6O2/c1-3-14(2)20(21-23-17-10-6-7-11-18(17)24-21)25-19(29)12-13-28-22(30)15-8-4-5-9-16(15)26-27-28/h4-11,14,20H,3,12-13H2,1-2H3,(H,23,24)(H,25,29). The molecule has 8 heteroatoms. The van der Waals surface area contributed by atoms with Gasteiger partial charge in [0.15, 0.2) is 0 Å². The number of para-hydroxylation sites is 2. The van der Waals surface area contributed by atoms with Gasteiger partial charge in [-0.3, -0.25) is 9.59 Å². The van der Waals surface area contributed by atoms with Crippen molar-refractivity contribution in [1.82, 2.24) is 30.3 Å².